The van der Waals surface area contributed by atoms with Crippen molar-refractivity contribution in [2.24, 2.45) is 17.6 Å². The van der Waals surface area contributed by atoms with E-state index >= 15 is 0 Å². The fourth-order valence-electron chi connectivity index (χ4n) is 1.68. The second-order valence-electron chi connectivity index (χ2n) is 2.69. The van der Waals surface area contributed by atoms with Crippen molar-refractivity contribution in [3.8, 4) is 0 Å². The van der Waals surface area contributed by atoms with E-state index in [0.29, 0.717) is 6.10 Å². The highest BCUT2D eigenvalue weighted by Gasteiger charge is 2.53. The van der Waals surface area contributed by atoms with Gasteiger partial charge >= 0.3 is 0 Å². The summed E-state index contributed by atoms with van der Waals surface area (Å²) in [6.45, 7) is 1.81. The number of ether oxygens (including phenoxy) is 1. The Balaban J connectivity index is 1.94. The molecule has 1 aliphatic heterocycles. The van der Waals surface area contributed by atoms with E-state index in [4.69, 9.17) is 10.5 Å². The van der Waals surface area contributed by atoms with Gasteiger partial charge in [-0.05, 0) is 18.9 Å². The fraction of sp³-hybridized carbons (Fsp3) is 1.00. The molecule has 8 heavy (non-hydrogen) atoms. The van der Waals surface area contributed by atoms with Crippen LogP contribution in [0.2, 0.25) is 0 Å². The molecule has 0 amide bonds. The predicted molar refractivity (Wildman–Crippen MR) is 30.4 cm³/mol. The summed E-state index contributed by atoms with van der Waals surface area (Å²) in [4.78, 5) is 0. The Hall–Kier alpha value is -0.0800. The minimum absolute atomic E-state index is 0.569. The third-order valence-electron chi connectivity index (χ3n) is 2.29. The van der Waals surface area contributed by atoms with E-state index in [1.807, 2.05) is 0 Å². The van der Waals surface area contributed by atoms with Crippen LogP contribution >= 0.6 is 0 Å². The first-order valence-electron chi connectivity index (χ1n) is 3.25. The zero-order valence-corrected chi connectivity index (χ0v) is 4.84. The van der Waals surface area contributed by atoms with E-state index < -0.39 is 0 Å². The molecular weight excluding hydrogens is 102 g/mol. The molecule has 0 aromatic heterocycles. The average molecular weight is 113 g/mol. The van der Waals surface area contributed by atoms with E-state index in [0.717, 1.165) is 25.0 Å². The van der Waals surface area contributed by atoms with Crippen LogP contribution in [0, 0.1) is 11.8 Å². The molecule has 0 spiro atoms. The van der Waals surface area contributed by atoms with Crippen LogP contribution in [0.5, 0.6) is 0 Å². The van der Waals surface area contributed by atoms with E-state index in [2.05, 4.69) is 0 Å². The molecule has 2 heteroatoms. The molecule has 2 rings (SSSR count). The monoisotopic (exact) mass is 113 g/mol. The normalized spacial score (nSPS) is 51.4. The van der Waals surface area contributed by atoms with Gasteiger partial charge in [-0.2, -0.15) is 0 Å². The summed E-state index contributed by atoms with van der Waals surface area (Å²) >= 11 is 0. The Morgan fingerprint density at radius 1 is 1.62 bits per heavy atom. The molecule has 1 heterocycles. The molecule has 2 fully saturated rings. The van der Waals surface area contributed by atoms with Gasteiger partial charge in [-0.1, -0.05) is 0 Å². The largest absolute Gasteiger partial charge is 0.378 e. The molecule has 1 saturated carbocycles. The summed E-state index contributed by atoms with van der Waals surface area (Å²) < 4.78 is 5.35. The van der Waals surface area contributed by atoms with Crippen LogP contribution in [0.3, 0.4) is 0 Å². The number of nitrogens with two attached hydrogens (primary N) is 1. The standard InChI is InChI=1S/C6H11NO/c7-3-5-4-1-2-8-6(4)5/h4-6H,1-3,7H2/t4-,5-,6+/m0/s1. The molecule has 0 unspecified atom stereocenters. The van der Waals surface area contributed by atoms with Crippen molar-refractivity contribution in [3.63, 3.8) is 0 Å². The van der Waals surface area contributed by atoms with E-state index in [-0.39, 0.29) is 0 Å². The van der Waals surface area contributed by atoms with Gasteiger partial charge in [0.1, 0.15) is 0 Å². The zero-order valence-electron chi connectivity index (χ0n) is 4.84. The molecule has 46 valence electrons. The Labute approximate surface area is 49.0 Å². The SMILES string of the molecule is NC[C@H]1[C@@H]2CCO[C@@H]12. The minimum Gasteiger partial charge on any atom is -0.378 e. The summed E-state index contributed by atoms with van der Waals surface area (Å²) in [5, 5.41) is 0. The van der Waals surface area contributed by atoms with Crippen molar-refractivity contribution in [2.75, 3.05) is 13.2 Å². The summed E-state index contributed by atoms with van der Waals surface area (Å²) in [6, 6.07) is 0. The molecule has 2 nitrogen and oxygen atoms in total. The smallest absolute Gasteiger partial charge is 0.0652 e. The van der Waals surface area contributed by atoms with Crippen LogP contribution in [-0.2, 0) is 4.74 Å². The molecular formula is C6H11NO. The molecule has 0 bridgehead atoms. The topological polar surface area (TPSA) is 35.2 Å². The van der Waals surface area contributed by atoms with Crippen molar-refractivity contribution in [1.29, 1.82) is 0 Å². The second-order valence-corrected chi connectivity index (χ2v) is 2.69. The summed E-state index contributed by atoms with van der Waals surface area (Å²) in [5.74, 6) is 1.57. The van der Waals surface area contributed by atoms with Gasteiger partial charge in [-0.25, -0.2) is 0 Å². The fourth-order valence-corrected chi connectivity index (χ4v) is 1.68. The van der Waals surface area contributed by atoms with Crippen molar-refractivity contribution in [2.45, 2.75) is 12.5 Å². The van der Waals surface area contributed by atoms with Crippen LogP contribution in [0.15, 0.2) is 0 Å². The van der Waals surface area contributed by atoms with E-state index in [1.54, 1.807) is 0 Å². The zero-order chi connectivity index (χ0) is 5.56. The Kier molecular flexibility index (Phi) is 0.866. The van der Waals surface area contributed by atoms with Crippen LogP contribution in [0.25, 0.3) is 0 Å². The Morgan fingerprint density at radius 3 is 2.88 bits per heavy atom. The highest BCUT2D eigenvalue weighted by molar-refractivity contribution is 5.02. The molecule has 0 radical (unpaired) electrons. The predicted octanol–water partition coefficient (Wildman–Crippen LogP) is -0.0200. The van der Waals surface area contributed by atoms with Crippen LogP contribution in [0.4, 0.5) is 0 Å². The number of hydrogen-bond donors (Lipinski definition) is 1. The molecule has 0 aromatic carbocycles. The van der Waals surface area contributed by atoms with Gasteiger partial charge in [0.05, 0.1) is 6.10 Å². The van der Waals surface area contributed by atoms with Gasteiger partial charge in [-0.3, -0.25) is 0 Å². The first kappa shape index (κ1) is 4.77. The first-order valence-corrected chi connectivity index (χ1v) is 3.25. The molecule has 0 aromatic rings. The number of rotatable bonds is 1. The van der Waals surface area contributed by atoms with Crippen molar-refractivity contribution in [1.82, 2.24) is 0 Å². The Bertz CT molecular complexity index is 87.9. The second kappa shape index (κ2) is 1.45. The molecule has 2 aliphatic rings. The molecule has 3 atom stereocenters. The van der Waals surface area contributed by atoms with E-state index in [9.17, 15) is 0 Å². The maximum atomic E-state index is 5.44. The van der Waals surface area contributed by atoms with Crippen molar-refractivity contribution >= 4 is 0 Å². The summed E-state index contributed by atoms with van der Waals surface area (Å²) in [5.41, 5.74) is 5.44. The number of hydrogen-bond acceptors (Lipinski definition) is 2. The number of fused-ring (bicyclic) bond motifs is 1. The van der Waals surface area contributed by atoms with Crippen LogP contribution < -0.4 is 5.73 Å². The lowest BCUT2D eigenvalue weighted by molar-refractivity contribution is 0.140. The highest BCUT2D eigenvalue weighted by Crippen LogP contribution is 2.47. The third kappa shape index (κ3) is 0.446. The van der Waals surface area contributed by atoms with Crippen LogP contribution in [-0.4, -0.2) is 19.3 Å². The van der Waals surface area contributed by atoms with Gasteiger partial charge in [0.25, 0.3) is 0 Å². The third-order valence-corrected chi connectivity index (χ3v) is 2.29. The van der Waals surface area contributed by atoms with Gasteiger partial charge in [0, 0.05) is 12.5 Å². The first-order chi connectivity index (χ1) is 3.93. The maximum absolute atomic E-state index is 5.44. The maximum Gasteiger partial charge on any atom is 0.0652 e. The Morgan fingerprint density at radius 2 is 2.50 bits per heavy atom. The van der Waals surface area contributed by atoms with Crippen LogP contribution in [0.1, 0.15) is 6.42 Å². The van der Waals surface area contributed by atoms with Gasteiger partial charge in [0.2, 0.25) is 0 Å². The molecule has 1 saturated heterocycles. The lowest BCUT2D eigenvalue weighted by Crippen LogP contribution is -2.08. The average Bonchev–Trinajstić information content (AvgIpc) is 2.22. The molecule has 2 N–H and O–H groups in total. The van der Waals surface area contributed by atoms with Crippen molar-refractivity contribution < 1.29 is 4.74 Å². The highest BCUT2D eigenvalue weighted by atomic mass is 16.5. The van der Waals surface area contributed by atoms with Crippen molar-refractivity contribution in [3.05, 3.63) is 0 Å². The summed E-state index contributed by atoms with van der Waals surface area (Å²) in [7, 11) is 0. The summed E-state index contributed by atoms with van der Waals surface area (Å²) in [6.07, 6.45) is 1.83. The van der Waals surface area contributed by atoms with Gasteiger partial charge in [-0.15, -0.1) is 0 Å². The van der Waals surface area contributed by atoms with E-state index in [1.165, 1.54) is 6.42 Å². The van der Waals surface area contributed by atoms with Gasteiger partial charge < -0.3 is 10.5 Å². The minimum atomic E-state index is 0.569. The quantitative estimate of drug-likeness (QED) is 0.518. The lowest BCUT2D eigenvalue weighted by Gasteiger charge is -1.96. The lowest BCUT2D eigenvalue weighted by atomic mass is 10.2. The van der Waals surface area contributed by atoms with Gasteiger partial charge in [0.15, 0.2) is 0 Å². The molecule has 1 aliphatic carbocycles.